The number of Topliss-reactive ketones (excluding diaryl/α,β-unsaturated/α-hetero) is 1. The van der Waals surface area contributed by atoms with Gasteiger partial charge in [0, 0.05) is 0 Å². The van der Waals surface area contributed by atoms with Gasteiger partial charge in [-0.05, 0) is 37.7 Å². The maximum atomic E-state index is 12.0. The van der Waals surface area contributed by atoms with Gasteiger partial charge in [0.25, 0.3) is 0 Å². The Morgan fingerprint density at radius 2 is 2.20 bits per heavy atom. The Balaban J connectivity index is 2.19. The van der Waals surface area contributed by atoms with Gasteiger partial charge in [0.1, 0.15) is 5.92 Å². The molecule has 0 aliphatic heterocycles. The van der Waals surface area contributed by atoms with Crippen LogP contribution in [0.1, 0.15) is 33.1 Å². The molecule has 0 N–H and O–H groups in total. The Kier molecular flexibility index (Phi) is 2.63. The lowest BCUT2D eigenvalue weighted by molar-refractivity contribution is -0.151. The second kappa shape index (κ2) is 3.80. The molecule has 0 aromatic heterocycles. The molecule has 2 rings (SSSR count). The molecule has 0 bridgehead atoms. The fourth-order valence-electron chi connectivity index (χ4n) is 2.71. The molecule has 15 heavy (non-hydrogen) atoms. The third-order valence-corrected chi connectivity index (χ3v) is 3.43. The first-order valence-corrected chi connectivity index (χ1v) is 5.59. The molecule has 2 unspecified atom stereocenters. The van der Waals surface area contributed by atoms with Gasteiger partial charge in [0.05, 0.1) is 6.61 Å². The monoisotopic (exact) mass is 208 g/mol. The number of carbonyl (C=O) groups is 2. The Morgan fingerprint density at radius 1 is 1.47 bits per heavy atom. The molecule has 0 saturated carbocycles. The molecular weight excluding hydrogens is 192 g/mol. The van der Waals surface area contributed by atoms with Crippen LogP contribution in [0.15, 0.2) is 11.1 Å². The van der Waals surface area contributed by atoms with Gasteiger partial charge in [-0.1, -0.05) is 12.5 Å². The second-order valence-corrected chi connectivity index (χ2v) is 4.24. The molecule has 2 atom stereocenters. The maximum absolute atomic E-state index is 12.0. The lowest BCUT2D eigenvalue weighted by Gasteiger charge is -2.15. The van der Waals surface area contributed by atoms with Crippen molar-refractivity contribution in [3.63, 3.8) is 0 Å². The Bertz CT molecular complexity index is 341. The molecule has 2 aliphatic carbocycles. The number of carbonyl (C=O) groups excluding carboxylic acids is 2. The lowest BCUT2D eigenvalue weighted by atomic mass is 9.90. The summed E-state index contributed by atoms with van der Waals surface area (Å²) in [7, 11) is 0. The molecule has 82 valence electrons. The van der Waals surface area contributed by atoms with E-state index in [9.17, 15) is 9.59 Å². The van der Waals surface area contributed by atoms with E-state index in [1.54, 1.807) is 6.92 Å². The topological polar surface area (TPSA) is 43.4 Å². The smallest absolute Gasteiger partial charge is 0.317 e. The first-order chi connectivity index (χ1) is 7.16. The molecule has 0 aromatic carbocycles. The molecule has 0 saturated heterocycles. The van der Waals surface area contributed by atoms with E-state index < -0.39 is 5.92 Å². The van der Waals surface area contributed by atoms with Crippen LogP contribution < -0.4 is 0 Å². The van der Waals surface area contributed by atoms with E-state index in [4.69, 9.17) is 4.74 Å². The largest absolute Gasteiger partial charge is 0.465 e. The van der Waals surface area contributed by atoms with Crippen molar-refractivity contribution in [2.24, 2.45) is 11.8 Å². The van der Waals surface area contributed by atoms with Crippen molar-refractivity contribution in [2.75, 3.05) is 6.61 Å². The van der Waals surface area contributed by atoms with E-state index >= 15 is 0 Å². The van der Waals surface area contributed by atoms with Crippen LogP contribution in [0.5, 0.6) is 0 Å². The van der Waals surface area contributed by atoms with Crippen LogP contribution in [0, 0.1) is 11.8 Å². The normalized spacial score (nSPS) is 29.6. The van der Waals surface area contributed by atoms with Gasteiger partial charge in [-0.3, -0.25) is 9.59 Å². The van der Waals surface area contributed by atoms with E-state index in [-0.39, 0.29) is 17.7 Å². The quantitative estimate of drug-likeness (QED) is 0.514. The van der Waals surface area contributed by atoms with Crippen LogP contribution in [0.25, 0.3) is 0 Å². The third-order valence-electron chi connectivity index (χ3n) is 3.43. The van der Waals surface area contributed by atoms with E-state index in [1.165, 1.54) is 5.57 Å². The number of hydrogen-bond acceptors (Lipinski definition) is 3. The average Bonchev–Trinajstić information content (AvgIpc) is 2.72. The number of rotatable bonds is 2. The number of allylic oxidation sites excluding steroid dienone is 2. The van der Waals surface area contributed by atoms with Gasteiger partial charge in [0.15, 0.2) is 5.78 Å². The molecule has 3 heteroatoms. The van der Waals surface area contributed by atoms with E-state index in [0.29, 0.717) is 6.61 Å². The maximum Gasteiger partial charge on any atom is 0.317 e. The van der Waals surface area contributed by atoms with Crippen LogP contribution in [0.2, 0.25) is 0 Å². The minimum atomic E-state index is -0.546. The van der Waals surface area contributed by atoms with Crippen LogP contribution >= 0.6 is 0 Å². The predicted octanol–water partition coefficient (Wildman–Crippen LogP) is 1.86. The van der Waals surface area contributed by atoms with Crippen LogP contribution in [0.3, 0.4) is 0 Å². The summed E-state index contributed by atoms with van der Waals surface area (Å²) in [5, 5.41) is 0. The summed E-state index contributed by atoms with van der Waals surface area (Å²) in [6.45, 7) is 4.08. The van der Waals surface area contributed by atoms with Crippen molar-refractivity contribution in [1.82, 2.24) is 0 Å². The standard InChI is InChI=1S/C12H16O3/c1-3-15-12(14)10-7(2)8-5-4-6-9(8)11(10)13/h7,10H,3-6H2,1-2H3. The van der Waals surface area contributed by atoms with Crippen molar-refractivity contribution in [2.45, 2.75) is 33.1 Å². The summed E-state index contributed by atoms with van der Waals surface area (Å²) in [4.78, 5) is 23.6. The number of ether oxygens (including phenoxy) is 1. The minimum absolute atomic E-state index is 0.0217. The summed E-state index contributed by atoms with van der Waals surface area (Å²) in [6.07, 6.45) is 2.91. The highest BCUT2D eigenvalue weighted by Gasteiger charge is 2.45. The van der Waals surface area contributed by atoms with Gasteiger partial charge in [-0.25, -0.2) is 0 Å². The van der Waals surface area contributed by atoms with E-state index in [1.807, 2.05) is 6.92 Å². The van der Waals surface area contributed by atoms with Gasteiger partial charge >= 0.3 is 5.97 Å². The second-order valence-electron chi connectivity index (χ2n) is 4.24. The van der Waals surface area contributed by atoms with Crippen LogP contribution in [-0.2, 0) is 14.3 Å². The van der Waals surface area contributed by atoms with Gasteiger partial charge in [-0.15, -0.1) is 0 Å². The Morgan fingerprint density at radius 3 is 2.80 bits per heavy atom. The first-order valence-electron chi connectivity index (χ1n) is 5.59. The number of hydrogen-bond donors (Lipinski definition) is 0. The highest BCUT2D eigenvalue weighted by Crippen LogP contribution is 2.43. The van der Waals surface area contributed by atoms with Crippen LogP contribution in [0.4, 0.5) is 0 Å². The van der Waals surface area contributed by atoms with E-state index in [2.05, 4.69) is 0 Å². The number of ketones is 1. The number of esters is 1. The Labute approximate surface area is 89.5 Å². The van der Waals surface area contributed by atoms with Crippen LogP contribution in [-0.4, -0.2) is 18.4 Å². The molecule has 0 spiro atoms. The van der Waals surface area contributed by atoms with Crippen molar-refractivity contribution in [3.05, 3.63) is 11.1 Å². The third kappa shape index (κ3) is 1.50. The van der Waals surface area contributed by atoms with Crippen molar-refractivity contribution >= 4 is 11.8 Å². The minimum Gasteiger partial charge on any atom is -0.465 e. The lowest BCUT2D eigenvalue weighted by Crippen LogP contribution is -2.28. The van der Waals surface area contributed by atoms with Crippen molar-refractivity contribution in [3.8, 4) is 0 Å². The summed E-state index contributed by atoms with van der Waals surface area (Å²) in [5.41, 5.74) is 2.12. The predicted molar refractivity (Wildman–Crippen MR) is 55.2 cm³/mol. The zero-order chi connectivity index (χ0) is 11.0. The van der Waals surface area contributed by atoms with Gasteiger partial charge in [-0.2, -0.15) is 0 Å². The van der Waals surface area contributed by atoms with Gasteiger partial charge < -0.3 is 4.74 Å². The highest BCUT2D eigenvalue weighted by atomic mass is 16.5. The zero-order valence-corrected chi connectivity index (χ0v) is 9.21. The molecule has 0 heterocycles. The molecule has 3 nitrogen and oxygen atoms in total. The first kappa shape index (κ1) is 10.4. The zero-order valence-electron chi connectivity index (χ0n) is 9.21. The highest BCUT2D eigenvalue weighted by molar-refractivity contribution is 6.11. The molecule has 0 fully saturated rings. The summed E-state index contributed by atoms with van der Waals surface area (Å²) < 4.78 is 4.95. The molecule has 0 amide bonds. The SMILES string of the molecule is CCOC(=O)C1C(=O)C2=C(CCC2)C1C. The molecular formula is C12H16O3. The fourth-order valence-corrected chi connectivity index (χ4v) is 2.71. The van der Waals surface area contributed by atoms with Crippen molar-refractivity contribution in [1.29, 1.82) is 0 Å². The summed E-state index contributed by atoms with van der Waals surface area (Å²) in [6, 6.07) is 0. The van der Waals surface area contributed by atoms with E-state index in [0.717, 1.165) is 24.8 Å². The molecule has 2 aliphatic rings. The molecule has 0 aromatic rings. The fraction of sp³-hybridized carbons (Fsp3) is 0.667. The Hall–Kier alpha value is -1.12. The molecule has 0 radical (unpaired) electrons. The van der Waals surface area contributed by atoms with Crippen molar-refractivity contribution < 1.29 is 14.3 Å². The average molecular weight is 208 g/mol. The summed E-state index contributed by atoms with van der Waals surface area (Å²) >= 11 is 0. The summed E-state index contributed by atoms with van der Waals surface area (Å²) in [5.74, 6) is -0.804. The van der Waals surface area contributed by atoms with Gasteiger partial charge in [0.2, 0.25) is 0 Å².